The monoisotopic (exact) mass is 468 g/mol. The number of β-amino-alcohol motifs (C(OH)–C–C–N with tert-alkyl or cyclic N) is 1. The van der Waals surface area contributed by atoms with Gasteiger partial charge in [-0.2, -0.15) is 5.26 Å². The average molecular weight is 469 g/mol. The van der Waals surface area contributed by atoms with E-state index in [2.05, 4.69) is 11.0 Å². The van der Waals surface area contributed by atoms with E-state index in [0.717, 1.165) is 23.2 Å². The third kappa shape index (κ3) is 4.88. The van der Waals surface area contributed by atoms with Gasteiger partial charge in [0.15, 0.2) is 0 Å². The van der Waals surface area contributed by atoms with Gasteiger partial charge in [0.2, 0.25) is 15.9 Å². The van der Waals surface area contributed by atoms with E-state index in [4.69, 9.17) is 0 Å². The molecule has 8 nitrogen and oxygen atoms in total. The average Bonchev–Trinajstić information content (AvgIpc) is 3.31. The highest BCUT2D eigenvalue weighted by Gasteiger charge is 2.31. The quantitative estimate of drug-likeness (QED) is 0.691. The summed E-state index contributed by atoms with van der Waals surface area (Å²) in [6.07, 6.45) is 0.472. The molecule has 1 saturated heterocycles. The number of likely N-dealkylation sites (N-methyl/N-ethyl adjacent to an activating group) is 1. The molecule has 2 aromatic rings. The second-order valence-electron chi connectivity index (χ2n) is 8.82. The molecule has 0 spiro atoms. The summed E-state index contributed by atoms with van der Waals surface area (Å²) in [5.41, 5.74) is 3.50. The SMILES string of the molecule is CN(C(=O)Cc1ccc2c(c1)N(C)S(=O)(=O)C2)[C@H](CN1CC[C@H](O)C1)c1cccc(C#N)c1. The van der Waals surface area contributed by atoms with Crippen molar-refractivity contribution in [1.82, 2.24) is 9.80 Å². The smallest absolute Gasteiger partial charge is 0.239 e. The molecule has 9 heteroatoms. The summed E-state index contributed by atoms with van der Waals surface area (Å²) in [6.45, 7) is 1.87. The summed E-state index contributed by atoms with van der Waals surface area (Å²) >= 11 is 0. The van der Waals surface area contributed by atoms with Gasteiger partial charge in [0.25, 0.3) is 0 Å². The fraction of sp³-hybridized carbons (Fsp3) is 0.417. The van der Waals surface area contributed by atoms with Crippen LogP contribution < -0.4 is 4.31 Å². The number of hydrogen-bond acceptors (Lipinski definition) is 6. The zero-order chi connectivity index (χ0) is 23.8. The van der Waals surface area contributed by atoms with E-state index in [1.807, 2.05) is 12.1 Å². The molecular weight excluding hydrogens is 440 g/mol. The number of anilines is 1. The maximum absolute atomic E-state index is 13.3. The molecule has 0 unspecified atom stereocenters. The Kier molecular flexibility index (Phi) is 6.43. The molecule has 0 bridgehead atoms. The number of benzene rings is 2. The first kappa shape index (κ1) is 23.2. The molecule has 1 N–H and O–H groups in total. The molecule has 2 heterocycles. The van der Waals surface area contributed by atoms with Gasteiger partial charge in [0.05, 0.1) is 41.6 Å². The van der Waals surface area contributed by atoms with Crippen LogP contribution in [0.4, 0.5) is 5.69 Å². The molecule has 0 aliphatic carbocycles. The molecule has 2 atom stereocenters. The van der Waals surface area contributed by atoms with Crippen molar-refractivity contribution in [2.75, 3.05) is 38.0 Å². The Morgan fingerprint density at radius 1 is 1.30 bits per heavy atom. The van der Waals surface area contributed by atoms with E-state index >= 15 is 0 Å². The van der Waals surface area contributed by atoms with Crippen LogP contribution in [0.15, 0.2) is 42.5 Å². The Morgan fingerprint density at radius 3 is 2.79 bits per heavy atom. The minimum Gasteiger partial charge on any atom is -0.392 e. The highest BCUT2D eigenvalue weighted by atomic mass is 32.2. The highest BCUT2D eigenvalue weighted by Crippen LogP contribution is 2.33. The molecule has 1 amide bonds. The Bertz CT molecular complexity index is 1210. The number of nitriles is 1. The normalized spacial score (nSPS) is 20.3. The number of rotatable bonds is 6. The van der Waals surface area contributed by atoms with Gasteiger partial charge in [-0.1, -0.05) is 24.3 Å². The molecule has 2 aromatic carbocycles. The molecule has 2 aliphatic rings. The molecule has 4 rings (SSSR count). The zero-order valence-corrected chi connectivity index (χ0v) is 19.6. The van der Waals surface area contributed by atoms with Crippen LogP contribution in [0.3, 0.4) is 0 Å². The molecule has 0 aromatic heterocycles. The largest absolute Gasteiger partial charge is 0.392 e. The number of aliphatic hydroxyl groups is 1. The molecule has 2 aliphatic heterocycles. The number of hydrogen-bond donors (Lipinski definition) is 1. The minimum absolute atomic E-state index is 0.0219. The first-order valence-electron chi connectivity index (χ1n) is 10.9. The van der Waals surface area contributed by atoms with Crippen LogP contribution >= 0.6 is 0 Å². The third-order valence-electron chi connectivity index (χ3n) is 6.54. The maximum atomic E-state index is 13.3. The molecule has 0 saturated carbocycles. The predicted molar refractivity (Wildman–Crippen MR) is 125 cm³/mol. The van der Waals surface area contributed by atoms with Crippen molar-refractivity contribution < 1.29 is 18.3 Å². The molecule has 33 heavy (non-hydrogen) atoms. The van der Waals surface area contributed by atoms with E-state index in [-0.39, 0.29) is 30.2 Å². The summed E-state index contributed by atoms with van der Waals surface area (Å²) in [5, 5.41) is 19.3. The topological polar surface area (TPSA) is 105 Å². The lowest BCUT2D eigenvalue weighted by Crippen LogP contribution is -2.39. The molecular formula is C24H28N4O4S. The Balaban J connectivity index is 1.56. The fourth-order valence-electron chi connectivity index (χ4n) is 4.54. The Morgan fingerprint density at radius 2 is 2.09 bits per heavy atom. The van der Waals surface area contributed by atoms with Gasteiger partial charge in [-0.25, -0.2) is 8.42 Å². The summed E-state index contributed by atoms with van der Waals surface area (Å²) in [6, 6.07) is 14.5. The fourth-order valence-corrected chi connectivity index (χ4v) is 5.84. The van der Waals surface area contributed by atoms with Crippen molar-refractivity contribution in [3.05, 3.63) is 64.7 Å². The van der Waals surface area contributed by atoms with Gasteiger partial charge < -0.3 is 10.0 Å². The summed E-state index contributed by atoms with van der Waals surface area (Å²) < 4.78 is 25.6. The van der Waals surface area contributed by atoms with Crippen LogP contribution in [-0.2, 0) is 27.0 Å². The lowest BCUT2D eigenvalue weighted by Gasteiger charge is -2.32. The van der Waals surface area contributed by atoms with Crippen LogP contribution in [0.1, 0.15) is 34.7 Å². The first-order valence-corrected chi connectivity index (χ1v) is 12.5. The first-order chi connectivity index (χ1) is 15.7. The second kappa shape index (κ2) is 9.14. The Hall–Kier alpha value is -2.93. The van der Waals surface area contributed by atoms with E-state index in [1.165, 1.54) is 11.4 Å². The summed E-state index contributed by atoms with van der Waals surface area (Å²) in [7, 11) is -0.0522. The Labute approximate surface area is 194 Å². The van der Waals surface area contributed by atoms with Gasteiger partial charge in [0.1, 0.15) is 0 Å². The van der Waals surface area contributed by atoms with Crippen LogP contribution in [0.5, 0.6) is 0 Å². The molecule has 1 fully saturated rings. The van der Waals surface area contributed by atoms with Gasteiger partial charge in [-0.15, -0.1) is 0 Å². The van der Waals surface area contributed by atoms with Gasteiger partial charge in [-0.3, -0.25) is 14.0 Å². The van der Waals surface area contributed by atoms with E-state index in [0.29, 0.717) is 30.8 Å². The lowest BCUT2D eigenvalue weighted by atomic mass is 10.0. The predicted octanol–water partition coefficient (Wildman–Crippen LogP) is 1.65. The lowest BCUT2D eigenvalue weighted by molar-refractivity contribution is -0.131. The third-order valence-corrected chi connectivity index (χ3v) is 8.25. The number of carbonyl (C=O) groups excluding carboxylic acids is 1. The number of aliphatic hydroxyl groups excluding tert-OH is 1. The van der Waals surface area contributed by atoms with Crippen molar-refractivity contribution >= 4 is 21.6 Å². The molecule has 0 radical (unpaired) electrons. The van der Waals surface area contributed by atoms with Crippen molar-refractivity contribution in [3.63, 3.8) is 0 Å². The second-order valence-corrected chi connectivity index (χ2v) is 10.8. The zero-order valence-electron chi connectivity index (χ0n) is 18.8. The van der Waals surface area contributed by atoms with Gasteiger partial charge in [-0.05, 0) is 41.3 Å². The number of carbonyl (C=O) groups is 1. The number of likely N-dealkylation sites (tertiary alicyclic amines) is 1. The number of sulfonamides is 1. The highest BCUT2D eigenvalue weighted by molar-refractivity contribution is 7.92. The maximum Gasteiger partial charge on any atom is 0.239 e. The standard InChI is InChI=1S/C24H28N4O4S/c1-26(24(30)12-17-6-7-20-16-33(31,32)27(2)22(20)11-17)23(15-28-9-8-21(29)14-28)19-5-3-4-18(10-19)13-25/h3-7,10-11,21,23,29H,8-9,12,14-16H2,1-2H3/t21-,23+/m0/s1. The van der Waals surface area contributed by atoms with Crippen LogP contribution in [0, 0.1) is 11.3 Å². The van der Waals surface area contributed by atoms with Crippen molar-refractivity contribution in [2.24, 2.45) is 0 Å². The van der Waals surface area contributed by atoms with Crippen molar-refractivity contribution in [2.45, 2.75) is 30.7 Å². The van der Waals surface area contributed by atoms with Crippen LogP contribution in [-0.4, -0.2) is 69.1 Å². The van der Waals surface area contributed by atoms with E-state index < -0.39 is 10.0 Å². The van der Waals surface area contributed by atoms with Crippen molar-refractivity contribution in [1.29, 1.82) is 5.26 Å². The summed E-state index contributed by atoms with van der Waals surface area (Å²) in [4.78, 5) is 17.1. The number of nitrogens with zero attached hydrogens (tertiary/aromatic N) is 4. The van der Waals surface area contributed by atoms with Crippen molar-refractivity contribution in [3.8, 4) is 6.07 Å². The van der Waals surface area contributed by atoms with Gasteiger partial charge >= 0.3 is 0 Å². The summed E-state index contributed by atoms with van der Waals surface area (Å²) in [5.74, 6) is -0.128. The van der Waals surface area contributed by atoms with Crippen LogP contribution in [0.25, 0.3) is 0 Å². The van der Waals surface area contributed by atoms with Gasteiger partial charge in [0, 0.05) is 33.7 Å². The minimum atomic E-state index is -3.33. The van der Waals surface area contributed by atoms with E-state index in [1.54, 1.807) is 42.3 Å². The number of amides is 1. The van der Waals surface area contributed by atoms with Crippen LogP contribution in [0.2, 0.25) is 0 Å². The van der Waals surface area contributed by atoms with E-state index in [9.17, 15) is 23.6 Å². The molecule has 174 valence electrons. The number of fused-ring (bicyclic) bond motifs is 1.